The van der Waals surface area contributed by atoms with Crippen molar-refractivity contribution in [3.8, 4) is 0 Å². The SMILES string of the molecule is CC(Sc1ccc(N)c(F)c1)c1ccc(C(=O)O)o1. The number of nitrogens with two attached hydrogens (primary N) is 1. The van der Waals surface area contributed by atoms with Gasteiger partial charge < -0.3 is 15.3 Å². The monoisotopic (exact) mass is 281 g/mol. The lowest BCUT2D eigenvalue weighted by molar-refractivity contribution is 0.0660. The van der Waals surface area contributed by atoms with Gasteiger partial charge >= 0.3 is 5.97 Å². The van der Waals surface area contributed by atoms with Gasteiger partial charge in [-0.25, -0.2) is 9.18 Å². The summed E-state index contributed by atoms with van der Waals surface area (Å²) in [4.78, 5) is 11.4. The number of rotatable bonds is 4. The lowest BCUT2D eigenvalue weighted by atomic mass is 10.3. The van der Waals surface area contributed by atoms with Crippen molar-refractivity contribution in [2.45, 2.75) is 17.1 Å². The average molecular weight is 281 g/mol. The molecule has 100 valence electrons. The van der Waals surface area contributed by atoms with Gasteiger partial charge in [-0.1, -0.05) is 0 Å². The molecule has 1 aromatic heterocycles. The van der Waals surface area contributed by atoms with E-state index >= 15 is 0 Å². The molecule has 19 heavy (non-hydrogen) atoms. The molecule has 1 unspecified atom stereocenters. The average Bonchev–Trinajstić information content (AvgIpc) is 2.83. The molecule has 0 bridgehead atoms. The minimum Gasteiger partial charge on any atom is -0.475 e. The first kappa shape index (κ1) is 13.5. The van der Waals surface area contributed by atoms with Crippen molar-refractivity contribution in [3.63, 3.8) is 0 Å². The second-order valence-electron chi connectivity index (χ2n) is 3.95. The highest BCUT2D eigenvalue weighted by atomic mass is 32.2. The molecule has 3 N–H and O–H groups in total. The van der Waals surface area contributed by atoms with Crippen LogP contribution < -0.4 is 5.73 Å². The second-order valence-corrected chi connectivity index (χ2v) is 5.36. The molecule has 0 saturated carbocycles. The Bertz CT molecular complexity index is 612. The van der Waals surface area contributed by atoms with Gasteiger partial charge in [-0.3, -0.25) is 0 Å². The summed E-state index contributed by atoms with van der Waals surface area (Å²) >= 11 is 1.36. The van der Waals surface area contributed by atoms with Crippen LogP contribution in [0.5, 0.6) is 0 Å². The molecule has 0 spiro atoms. The van der Waals surface area contributed by atoms with E-state index in [0.29, 0.717) is 10.7 Å². The number of thioether (sulfide) groups is 1. The minimum absolute atomic E-state index is 0.100. The molecule has 2 aromatic rings. The number of nitrogen functional groups attached to an aromatic ring is 1. The molecule has 0 aliphatic carbocycles. The maximum atomic E-state index is 13.3. The van der Waals surface area contributed by atoms with Gasteiger partial charge in [-0.15, -0.1) is 11.8 Å². The largest absolute Gasteiger partial charge is 0.475 e. The normalized spacial score (nSPS) is 12.3. The van der Waals surface area contributed by atoms with Crippen LogP contribution in [0.1, 0.15) is 28.5 Å². The van der Waals surface area contributed by atoms with Crippen LogP contribution in [0.15, 0.2) is 39.6 Å². The number of carboxylic acid groups (broad SMARTS) is 1. The van der Waals surface area contributed by atoms with Gasteiger partial charge in [0, 0.05) is 4.90 Å². The molecule has 4 nitrogen and oxygen atoms in total. The number of hydrogen-bond donors (Lipinski definition) is 2. The topological polar surface area (TPSA) is 76.5 Å². The van der Waals surface area contributed by atoms with Gasteiger partial charge in [0.1, 0.15) is 11.6 Å². The standard InChI is InChI=1S/C13H12FNO3S/c1-7(11-4-5-12(18-11)13(16)17)19-8-2-3-10(15)9(14)6-8/h2-7H,15H2,1H3,(H,16,17). The molecule has 0 aliphatic heterocycles. The van der Waals surface area contributed by atoms with E-state index in [1.165, 1.54) is 30.0 Å². The van der Waals surface area contributed by atoms with Crippen LogP contribution in [0.4, 0.5) is 10.1 Å². The highest BCUT2D eigenvalue weighted by molar-refractivity contribution is 7.99. The Hall–Kier alpha value is -1.95. The van der Waals surface area contributed by atoms with E-state index in [4.69, 9.17) is 15.3 Å². The first-order valence-electron chi connectivity index (χ1n) is 5.52. The van der Waals surface area contributed by atoms with Crippen LogP contribution in [0.3, 0.4) is 0 Å². The fourth-order valence-corrected chi connectivity index (χ4v) is 2.50. The van der Waals surface area contributed by atoms with Crippen LogP contribution in [0, 0.1) is 5.82 Å². The second kappa shape index (κ2) is 5.36. The Kier molecular flexibility index (Phi) is 3.80. The van der Waals surface area contributed by atoms with Crippen molar-refractivity contribution in [3.05, 3.63) is 47.7 Å². The molecule has 2 rings (SSSR count). The number of aromatic carboxylic acids is 1. The molecule has 1 atom stereocenters. The van der Waals surface area contributed by atoms with E-state index in [1.54, 1.807) is 12.1 Å². The Balaban J connectivity index is 2.13. The van der Waals surface area contributed by atoms with E-state index in [1.807, 2.05) is 6.92 Å². The highest BCUT2D eigenvalue weighted by Crippen LogP contribution is 2.36. The van der Waals surface area contributed by atoms with Gasteiger partial charge in [0.2, 0.25) is 5.76 Å². The van der Waals surface area contributed by atoms with Crippen molar-refractivity contribution in [2.24, 2.45) is 0 Å². The molecule has 1 heterocycles. The summed E-state index contributed by atoms with van der Waals surface area (Å²) in [5.74, 6) is -1.16. The first-order valence-corrected chi connectivity index (χ1v) is 6.40. The van der Waals surface area contributed by atoms with E-state index < -0.39 is 11.8 Å². The summed E-state index contributed by atoms with van der Waals surface area (Å²) in [5, 5.41) is 8.64. The molecule has 0 saturated heterocycles. The number of carbonyl (C=O) groups is 1. The molecule has 0 radical (unpaired) electrons. The fraction of sp³-hybridized carbons (Fsp3) is 0.154. The van der Waals surface area contributed by atoms with Gasteiger partial charge in [0.15, 0.2) is 0 Å². The summed E-state index contributed by atoms with van der Waals surface area (Å²) in [6.07, 6.45) is 0. The number of carboxylic acids is 1. The lowest BCUT2D eigenvalue weighted by Gasteiger charge is -2.08. The summed E-state index contributed by atoms with van der Waals surface area (Å²) in [6, 6.07) is 7.56. The van der Waals surface area contributed by atoms with Crippen LogP contribution in [-0.4, -0.2) is 11.1 Å². The lowest BCUT2D eigenvalue weighted by Crippen LogP contribution is -1.93. The zero-order valence-corrected chi connectivity index (χ0v) is 10.9. The molecule has 1 aromatic carbocycles. The zero-order valence-electron chi connectivity index (χ0n) is 10.1. The Morgan fingerprint density at radius 3 is 2.74 bits per heavy atom. The fourth-order valence-electron chi connectivity index (χ4n) is 1.53. The van der Waals surface area contributed by atoms with Gasteiger partial charge in [-0.05, 0) is 37.3 Å². The predicted molar refractivity (Wildman–Crippen MR) is 70.8 cm³/mol. The van der Waals surface area contributed by atoms with Gasteiger partial charge in [-0.2, -0.15) is 0 Å². The van der Waals surface area contributed by atoms with Crippen LogP contribution in [0.2, 0.25) is 0 Å². The van der Waals surface area contributed by atoms with Crippen molar-refractivity contribution >= 4 is 23.4 Å². The molecule has 0 amide bonds. The Morgan fingerprint density at radius 2 is 2.16 bits per heavy atom. The van der Waals surface area contributed by atoms with Gasteiger partial charge in [0.25, 0.3) is 0 Å². The zero-order chi connectivity index (χ0) is 14.0. The first-order chi connectivity index (χ1) is 8.97. The quantitative estimate of drug-likeness (QED) is 0.662. The van der Waals surface area contributed by atoms with Crippen LogP contribution in [0.25, 0.3) is 0 Å². The Labute approximate surface area is 113 Å². The maximum absolute atomic E-state index is 13.3. The Morgan fingerprint density at radius 1 is 1.42 bits per heavy atom. The molecule has 6 heteroatoms. The van der Waals surface area contributed by atoms with Crippen LogP contribution in [-0.2, 0) is 0 Å². The predicted octanol–water partition coefficient (Wildman–Crippen LogP) is 3.55. The van der Waals surface area contributed by atoms with E-state index in [2.05, 4.69) is 0 Å². The summed E-state index contributed by atoms with van der Waals surface area (Å²) < 4.78 is 18.5. The summed E-state index contributed by atoms with van der Waals surface area (Å²) in [5.41, 5.74) is 5.50. The number of furan rings is 1. The minimum atomic E-state index is -1.11. The van der Waals surface area contributed by atoms with Crippen molar-refractivity contribution in [1.82, 2.24) is 0 Å². The van der Waals surface area contributed by atoms with Crippen molar-refractivity contribution in [2.75, 3.05) is 5.73 Å². The molecular weight excluding hydrogens is 269 g/mol. The van der Waals surface area contributed by atoms with Crippen molar-refractivity contribution < 1.29 is 18.7 Å². The number of anilines is 1. The van der Waals surface area contributed by atoms with Crippen LogP contribution >= 0.6 is 11.8 Å². The summed E-state index contributed by atoms with van der Waals surface area (Å²) in [6.45, 7) is 1.85. The molecule has 0 aliphatic rings. The molecule has 0 fully saturated rings. The third kappa shape index (κ3) is 3.08. The van der Waals surface area contributed by atoms with E-state index in [0.717, 1.165) is 0 Å². The van der Waals surface area contributed by atoms with E-state index in [9.17, 15) is 9.18 Å². The molecular formula is C13H12FNO3S. The summed E-state index contributed by atoms with van der Waals surface area (Å²) in [7, 11) is 0. The third-order valence-corrected chi connectivity index (χ3v) is 3.63. The number of hydrogen-bond acceptors (Lipinski definition) is 4. The van der Waals surface area contributed by atoms with Gasteiger partial charge in [0.05, 0.1) is 10.9 Å². The third-order valence-electron chi connectivity index (χ3n) is 2.52. The maximum Gasteiger partial charge on any atom is 0.371 e. The number of halogens is 1. The highest BCUT2D eigenvalue weighted by Gasteiger charge is 2.15. The van der Waals surface area contributed by atoms with Crippen molar-refractivity contribution in [1.29, 1.82) is 0 Å². The van der Waals surface area contributed by atoms with E-state index in [-0.39, 0.29) is 16.7 Å². The smallest absolute Gasteiger partial charge is 0.371 e. The number of benzene rings is 1.